The number of amides is 2. The van der Waals surface area contributed by atoms with Crippen molar-refractivity contribution in [2.45, 2.75) is 48.7 Å². The number of carbonyl (C=O) groups excluding carboxylic acids is 2. The molecule has 2 aromatic rings. The number of thioether (sulfide) groups is 1. The average Bonchev–Trinajstić information content (AvgIpc) is 3.38. The van der Waals surface area contributed by atoms with Crippen molar-refractivity contribution >= 4 is 45.7 Å². The Bertz CT molecular complexity index is 837. The van der Waals surface area contributed by atoms with Crippen molar-refractivity contribution in [2.24, 2.45) is 0 Å². The number of carbonyl (C=O) groups is 2. The molecule has 1 saturated carbocycles. The number of hydrogen-bond acceptors (Lipinski definition) is 7. The van der Waals surface area contributed by atoms with E-state index < -0.39 is 0 Å². The number of nitrogens with zero attached hydrogens (tertiary/aromatic N) is 3. The van der Waals surface area contributed by atoms with Gasteiger partial charge < -0.3 is 15.5 Å². The SMILES string of the molecule is CCc1ccccc1NC(=O)CN(C)C(=O)C(C)Sc1nnc(NC2CC2)s1. The molecule has 1 fully saturated rings. The second-order valence-electron chi connectivity index (χ2n) is 6.80. The summed E-state index contributed by atoms with van der Waals surface area (Å²) in [6.07, 6.45) is 3.18. The predicted molar refractivity (Wildman–Crippen MR) is 114 cm³/mol. The summed E-state index contributed by atoms with van der Waals surface area (Å²) < 4.78 is 0.749. The number of aromatic nitrogens is 2. The molecule has 9 heteroatoms. The van der Waals surface area contributed by atoms with Gasteiger partial charge in [0.05, 0.1) is 11.8 Å². The van der Waals surface area contributed by atoms with Gasteiger partial charge in [0.2, 0.25) is 16.9 Å². The zero-order valence-electron chi connectivity index (χ0n) is 16.3. The molecule has 0 saturated heterocycles. The molecule has 3 rings (SSSR count). The third kappa shape index (κ3) is 5.68. The molecule has 1 aliphatic rings. The van der Waals surface area contributed by atoms with Crippen LogP contribution in [0.2, 0.25) is 0 Å². The Labute approximate surface area is 173 Å². The van der Waals surface area contributed by atoms with Crippen LogP contribution < -0.4 is 10.6 Å². The molecule has 1 heterocycles. The minimum Gasteiger partial charge on any atom is -0.357 e. The fourth-order valence-electron chi connectivity index (χ4n) is 2.66. The Morgan fingerprint density at radius 3 is 2.79 bits per heavy atom. The molecule has 1 aromatic carbocycles. The number of aryl methyl sites for hydroxylation is 1. The van der Waals surface area contributed by atoms with Crippen molar-refractivity contribution in [2.75, 3.05) is 24.2 Å². The van der Waals surface area contributed by atoms with Gasteiger partial charge in [0, 0.05) is 18.8 Å². The number of nitrogens with one attached hydrogen (secondary N) is 2. The van der Waals surface area contributed by atoms with Gasteiger partial charge in [0.15, 0.2) is 4.34 Å². The number of para-hydroxylation sites is 1. The van der Waals surface area contributed by atoms with E-state index in [4.69, 9.17) is 0 Å². The highest BCUT2D eigenvalue weighted by Crippen LogP contribution is 2.32. The topological polar surface area (TPSA) is 87.2 Å². The Morgan fingerprint density at radius 2 is 2.07 bits per heavy atom. The van der Waals surface area contributed by atoms with Crippen molar-refractivity contribution in [3.05, 3.63) is 29.8 Å². The summed E-state index contributed by atoms with van der Waals surface area (Å²) in [7, 11) is 1.64. The van der Waals surface area contributed by atoms with Crippen molar-refractivity contribution in [3.8, 4) is 0 Å². The molecule has 1 aliphatic carbocycles. The number of likely N-dealkylation sites (N-methyl/N-ethyl adjacent to an activating group) is 1. The fraction of sp³-hybridized carbons (Fsp3) is 0.474. The van der Waals surface area contributed by atoms with E-state index >= 15 is 0 Å². The third-order valence-electron chi connectivity index (χ3n) is 4.37. The van der Waals surface area contributed by atoms with Gasteiger partial charge in [-0.1, -0.05) is 48.2 Å². The van der Waals surface area contributed by atoms with Crippen molar-refractivity contribution in [3.63, 3.8) is 0 Å². The minimum absolute atomic E-state index is 0.00634. The number of hydrogen-bond donors (Lipinski definition) is 2. The second-order valence-corrected chi connectivity index (χ2v) is 9.37. The summed E-state index contributed by atoms with van der Waals surface area (Å²) in [5, 5.41) is 14.9. The van der Waals surface area contributed by atoms with Gasteiger partial charge in [-0.2, -0.15) is 0 Å². The monoisotopic (exact) mass is 419 g/mol. The molecule has 0 bridgehead atoms. The van der Waals surface area contributed by atoms with Crippen LogP contribution in [0.5, 0.6) is 0 Å². The van der Waals surface area contributed by atoms with Gasteiger partial charge in [-0.05, 0) is 37.8 Å². The lowest BCUT2D eigenvalue weighted by molar-refractivity contribution is -0.132. The summed E-state index contributed by atoms with van der Waals surface area (Å²) >= 11 is 2.83. The molecule has 7 nitrogen and oxygen atoms in total. The van der Waals surface area contributed by atoms with Crippen LogP contribution in [0.25, 0.3) is 0 Å². The third-order valence-corrected chi connectivity index (χ3v) is 6.39. The van der Waals surface area contributed by atoms with Crippen molar-refractivity contribution in [1.29, 1.82) is 0 Å². The molecule has 28 heavy (non-hydrogen) atoms. The van der Waals surface area contributed by atoms with Gasteiger partial charge in [0.25, 0.3) is 0 Å². The van der Waals surface area contributed by atoms with Crippen LogP contribution in [0.4, 0.5) is 10.8 Å². The summed E-state index contributed by atoms with van der Waals surface area (Å²) in [5.74, 6) is -0.323. The van der Waals surface area contributed by atoms with Crippen LogP contribution in [0, 0.1) is 0 Å². The normalized spacial score (nSPS) is 14.4. The van der Waals surface area contributed by atoms with E-state index in [0.717, 1.165) is 27.1 Å². The van der Waals surface area contributed by atoms with Gasteiger partial charge in [-0.25, -0.2) is 0 Å². The molecule has 2 N–H and O–H groups in total. The maximum absolute atomic E-state index is 12.6. The number of benzene rings is 1. The standard InChI is InChI=1S/C19H25N5O2S2/c1-4-13-7-5-6-8-15(13)21-16(25)11-24(3)17(26)12(2)27-19-23-22-18(28-19)20-14-9-10-14/h5-8,12,14H,4,9-11H2,1-3H3,(H,20,22)(H,21,25). The van der Waals surface area contributed by atoms with E-state index in [2.05, 4.69) is 20.8 Å². The van der Waals surface area contributed by atoms with Gasteiger partial charge in [-0.3, -0.25) is 9.59 Å². The lowest BCUT2D eigenvalue weighted by Gasteiger charge is -2.20. The molecule has 0 radical (unpaired) electrons. The lowest BCUT2D eigenvalue weighted by atomic mass is 10.1. The largest absolute Gasteiger partial charge is 0.357 e. The molecule has 150 valence electrons. The minimum atomic E-state index is -0.345. The fourth-order valence-corrected chi connectivity index (χ4v) is 4.75. The van der Waals surface area contributed by atoms with Crippen LogP contribution >= 0.6 is 23.1 Å². The highest BCUT2D eigenvalue weighted by atomic mass is 32.2. The first-order valence-corrected chi connectivity index (χ1v) is 11.0. The molecule has 1 aromatic heterocycles. The molecule has 0 spiro atoms. The highest BCUT2D eigenvalue weighted by molar-refractivity contribution is 8.02. The van der Waals surface area contributed by atoms with E-state index in [9.17, 15) is 9.59 Å². The van der Waals surface area contributed by atoms with Gasteiger partial charge >= 0.3 is 0 Å². The highest BCUT2D eigenvalue weighted by Gasteiger charge is 2.25. The van der Waals surface area contributed by atoms with Gasteiger partial charge in [-0.15, -0.1) is 10.2 Å². The maximum Gasteiger partial charge on any atom is 0.243 e. The average molecular weight is 420 g/mol. The summed E-state index contributed by atoms with van der Waals surface area (Å²) in [5.41, 5.74) is 1.86. The molecular formula is C19H25N5O2S2. The Balaban J connectivity index is 1.49. The number of rotatable bonds is 9. The lowest BCUT2D eigenvalue weighted by Crippen LogP contribution is -2.39. The quantitative estimate of drug-likeness (QED) is 0.607. The summed E-state index contributed by atoms with van der Waals surface area (Å²) in [6.45, 7) is 3.87. The van der Waals surface area contributed by atoms with Crippen LogP contribution in [0.1, 0.15) is 32.3 Å². The van der Waals surface area contributed by atoms with E-state index in [1.54, 1.807) is 7.05 Å². The Hall–Kier alpha value is -2.13. The first kappa shape index (κ1) is 20.6. The zero-order chi connectivity index (χ0) is 20.1. The van der Waals surface area contributed by atoms with E-state index in [1.807, 2.05) is 38.1 Å². The molecule has 2 amide bonds. The smallest absolute Gasteiger partial charge is 0.243 e. The molecule has 1 unspecified atom stereocenters. The Kier molecular flexibility index (Phi) is 6.90. The molecule has 1 atom stereocenters. The number of anilines is 2. The van der Waals surface area contributed by atoms with Gasteiger partial charge in [0.1, 0.15) is 0 Å². The first-order chi connectivity index (χ1) is 13.5. The second kappa shape index (κ2) is 9.38. The van der Waals surface area contributed by atoms with Crippen LogP contribution in [-0.4, -0.2) is 51.8 Å². The van der Waals surface area contributed by atoms with Crippen LogP contribution in [-0.2, 0) is 16.0 Å². The first-order valence-electron chi connectivity index (χ1n) is 9.35. The molecular weight excluding hydrogens is 394 g/mol. The zero-order valence-corrected chi connectivity index (χ0v) is 17.9. The van der Waals surface area contributed by atoms with Crippen LogP contribution in [0.3, 0.4) is 0 Å². The van der Waals surface area contributed by atoms with E-state index in [-0.39, 0.29) is 23.6 Å². The summed E-state index contributed by atoms with van der Waals surface area (Å²) in [4.78, 5) is 26.4. The maximum atomic E-state index is 12.6. The van der Waals surface area contributed by atoms with E-state index in [0.29, 0.717) is 6.04 Å². The van der Waals surface area contributed by atoms with Crippen molar-refractivity contribution in [1.82, 2.24) is 15.1 Å². The molecule has 0 aliphatic heterocycles. The predicted octanol–water partition coefficient (Wildman–Crippen LogP) is 3.25. The van der Waals surface area contributed by atoms with Crippen molar-refractivity contribution < 1.29 is 9.59 Å². The van der Waals surface area contributed by atoms with Crippen LogP contribution in [0.15, 0.2) is 28.6 Å². The summed E-state index contributed by atoms with van der Waals surface area (Å²) in [6, 6.07) is 8.21. The Morgan fingerprint density at radius 1 is 1.32 bits per heavy atom. The van der Waals surface area contributed by atoms with E-state index in [1.165, 1.54) is 40.8 Å².